The number of aromatic nitrogens is 2. The van der Waals surface area contributed by atoms with Gasteiger partial charge in [0.05, 0.1) is 21.7 Å². The van der Waals surface area contributed by atoms with Gasteiger partial charge in [0, 0.05) is 5.02 Å². The van der Waals surface area contributed by atoms with Gasteiger partial charge in [-0.2, -0.15) is 0 Å². The van der Waals surface area contributed by atoms with Crippen LogP contribution in [0.3, 0.4) is 0 Å². The zero-order chi connectivity index (χ0) is 22.5. The third kappa shape index (κ3) is 4.80. The maximum absolute atomic E-state index is 12.0. The fourth-order valence-electron chi connectivity index (χ4n) is 3.26. The molecule has 4 rings (SSSR count). The minimum atomic E-state index is -0.532. The maximum Gasteiger partial charge on any atom is 0.353 e. The van der Waals surface area contributed by atoms with E-state index in [4.69, 9.17) is 23.2 Å². The highest BCUT2D eigenvalue weighted by molar-refractivity contribution is 6.35. The Morgan fingerprint density at radius 2 is 1.44 bits per heavy atom. The molecule has 1 aromatic heterocycles. The molecule has 2 N–H and O–H groups in total. The van der Waals surface area contributed by atoms with Crippen LogP contribution in [0, 0.1) is 10.1 Å². The highest BCUT2D eigenvalue weighted by Gasteiger charge is 2.26. The van der Waals surface area contributed by atoms with Crippen LogP contribution in [-0.2, 0) is 0 Å². The number of nitrogens with one attached hydrogen (secondary N) is 2. The first-order chi connectivity index (χ1) is 15.5. The van der Waals surface area contributed by atoms with Gasteiger partial charge in [-0.05, 0) is 29.3 Å². The predicted octanol–water partition coefficient (Wildman–Crippen LogP) is 6.64. The molecule has 0 spiro atoms. The largest absolute Gasteiger partial charge is 0.353 e. The summed E-state index contributed by atoms with van der Waals surface area (Å²) in [6.45, 7) is 0. The molecule has 3 aromatic carbocycles. The molecule has 0 aliphatic heterocycles. The molecular weight excluding hydrogens is 449 g/mol. The van der Waals surface area contributed by atoms with Crippen LogP contribution in [0.25, 0.3) is 0 Å². The van der Waals surface area contributed by atoms with Gasteiger partial charge in [0.1, 0.15) is 6.33 Å². The number of anilines is 3. The molecule has 0 unspecified atom stereocenters. The lowest BCUT2D eigenvalue weighted by atomic mass is 9.99. The van der Waals surface area contributed by atoms with Crippen LogP contribution in [-0.4, -0.2) is 14.9 Å². The van der Waals surface area contributed by atoms with Crippen molar-refractivity contribution in [3.05, 3.63) is 116 Å². The van der Waals surface area contributed by atoms with Gasteiger partial charge in [-0.1, -0.05) is 83.9 Å². The summed E-state index contributed by atoms with van der Waals surface area (Å²) in [4.78, 5) is 19.7. The van der Waals surface area contributed by atoms with Gasteiger partial charge >= 0.3 is 5.69 Å². The summed E-state index contributed by atoms with van der Waals surface area (Å²) in [6, 6.07) is 23.7. The lowest BCUT2D eigenvalue weighted by Gasteiger charge is -2.20. The second-order valence-corrected chi connectivity index (χ2v) is 7.67. The van der Waals surface area contributed by atoms with Crippen LogP contribution in [0.5, 0.6) is 0 Å². The molecule has 4 aromatic rings. The molecule has 9 heteroatoms. The number of rotatable bonds is 7. The summed E-state index contributed by atoms with van der Waals surface area (Å²) in [7, 11) is 0. The average Bonchev–Trinajstić information content (AvgIpc) is 2.81. The zero-order valence-electron chi connectivity index (χ0n) is 16.6. The lowest BCUT2D eigenvalue weighted by molar-refractivity contribution is -0.383. The number of hydrogen-bond donors (Lipinski definition) is 2. The van der Waals surface area contributed by atoms with Crippen molar-refractivity contribution in [2.45, 2.75) is 6.04 Å². The van der Waals surface area contributed by atoms with Gasteiger partial charge in [0.15, 0.2) is 0 Å². The van der Waals surface area contributed by atoms with E-state index in [1.165, 1.54) is 6.33 Å². The Labute approximate surface area is 194 Å². The van der Waals surface area contributed by atoms with Crippen molar-refractivity contribution < 1.29 is 4.92 Å². The van der Waals surface area contributed by atoms with E-state index in [0.29, 0.717) is 15.7 Å². The van der Waals surface area contributed by atoms with Gasteiger partial charge in [-0.25, -0.2) is 9.97 Å². The van der Waals surface area contributed by atoms with Crippen molar-refractivity contribution in [1.82, 2.24) is 9.97 Å². The van der Waals surface area contributed by atoms with Crippen LogP contribution < -0.4 is 10.6 Å². The lowest BCUT2D eigenvalue weighted by Crippen LogP contribution is -2.15. The molecule has 0 atom stereocenters. The zero-order valence-corrected chi connectivity index (χ0v) is 18.1. The van der Waals surface area contributed by atoms with Crippen LogP contribution in [0.4, 0.5) is 23.0 Å². The highest BCUT2D eigenvalue weighted by Crippen LogP contribution is 2.36. The summed E-state index contributed by atoms with van der Waals surface area (Å²) in [5.41, 5.74) is 1.95. The molecule has 32 heavy (non-hydrogen) atoms. The molecule has 160 valence electrons. The Hall–Kier alpha value is -3.68. The number of benzene rings is 3. The van der Waals surface area contributed by atoms with Crippen molar-refractivity contribution >= 4 is 46.2 Å². The minimum Gasteiger partial charge on any atom is -0.353 e. The van der Waals surface area contributed by atoms with Crippen LogP contribution in [0.2, 0.25) is 10.0 Å². The molecule has 0 radical (unpaired) electrons. The highest BCUT2D eigenvalue weighted by atomic mass is 35.5. The number of halogens is 2. The second-order valence-electron chi connectivity index (χ2n) is 6.82. The van der Waals surface area contributed by atoms with Crippen molar-refractivity contribution in [3.63, 3.8) is 0 Å². The second kappa shape index (κ2) is 9.64. The first-order valence-electron chi connectivity index (χ1n) is 9.61. The van der Waals surface area contributed by atoms with Gasteiger partial charge in [0.2, 0.25) is 11.6 Å². The van der Waals surface area contributed by atoms with E-state index < -0.39 is 4.92 Å². The first kappa shape index (κ1) is 21.5. The first-order valence-corrected chi connectivity index (χ1v) is 10.4. The smallest absolute Gasteiger partial charge is 0.353 e. The monoisotopic (exact) mass is 465 g/mol. The topological polar surface area (TPSA) is 93.0 Å². The molecular formula is C23H17Cl2N5O2. The van der Waals surface area contributed by atoms with Crippen molar-refractivity contribution in [2.24, 2.45) is 0 Å². The Morgan fingerprint density at radius 1 is 0.844 bits per heavy atom. The summed E-state index contributed by atoms with van der Waals surface area (Å²) >= 11 is 12.3. The standard InChI is InChI=1S/C23H17Cl2N5O2/c24-17-11-12-18(25)19(13-17)28-22-21(30(31)32)23(27-14-26-22)29-20(15-7-3-1-4-8-15)16-9-5-2-6-10-16/h1-14,20H,(H2,26,27,28,29). The Balaban J connectivity index is 1.76. The van der Waals surface area contributed by atoms with Crippen LogP contribution in [0.1, 0.15) is 17.2 Å². The summed E-state index contributed by atoms with van der Waals surface area (Å²) in [6.07, 6.45) is 1.25. The number of nitrogens with zero attached hydrogens (tertiary/aromatic N) is 3. The van der Waals surface area contributed by atoms with Gasteiger partial charge in [-0.3, -0.25) is 10.1 Å². The van der Waals surface area contributed by atoms with Gasteiger partial charge < -0.3 is 10.6 Å². The molecule has 0 aliphatic rings. The van der Waals surface area contributed by atoms with E-state index >= 15 is 0 Å². The number of nitro groups is 1. The van der Waals surface area contributed by atoms with E-state index in [1.54, 1.807) is 18.2 Å². The van der Waals surface area contributed by atoms with Gasteiger partial charge in [-0.15, -0.1) is 0 Å². The predicted molar refractivity (Wildman–Crippen MR) is 127 cm³/mol. The van der Waals surface area contributed by atoms with Crippen molar-refractivity contribution in [1.29, 1.82) is 0 Å². The van der Waals surface area contributed by atoms with Gasteiger partial charge in [0.25, 0.3) is 0 Å². The maximum atomic E-state index is 12.0. The van der Waals surface area contributed by atoms with Crippen molar-refractivity contribution in [2.75, 3.05) is 10.6 Å². The SMILES string of the molecule is O=[N+]([O-])c1c(Nc2cc(Cl)ccc2Cl)ncnc1NC(c1ccccc1)c1ccccc1. The van der Waals surface area contributed by atoms with E-state index in [0.717, 1.165) is 11.1 Å². The Morgan fingerprint density at radius 3 is 2.03 bits per heavy atom. The van der Waals surface area contributed by atoms with Crippen molar-refractivity contribution in [3.8, 4) is 0 Å². The van der Waals surface area contributed by atoms with Crippen LogP contribution >= 0.6 is 23.2 Å². The summed E-state index contributed by atoms with van der Waals surface area (Å²) in [5.74, 6) is 0.0693. The van der Waals surface area contributed by atoms with E-state index in [1.807, 2.05) is 60.7 Å². The molecule has 0 saturated carbocycles. The van der Waals surface area contributed by atoms with E-state index in [-0.39, 0.29) is 23.4 Å². The average molecular weight is 466 g/mol. The molecule has 7 nitrogen and oxygen atoms in total. The third-order valence-electron chi connectivity index (χ3n) is 4.73. The Bertz CT molecular complexity index is 1200. The molecule has 0 amide bonds. The normalized spacial score (nSPS) is 10.7. The molecule has 0 saturated heterocycles. The quantitative estimate of drug-likeness (QED) is 0.234. The molecule has 0 bridgehead atoms. The van der Waals surface area contributed by atoms with Crippen LogP contribution in [0.15, 0.2) is 85.2 Å². The Kier molecular flexibility index (Phi) is 6.49. The summed E-state index contributed by atoms with van der Waals surface area (Å²) < 4.78 is 0. The summed E-state index contributed by atoms with van der Waals surface area (Å²) in [5, 5.41) is 18.9. The third-order valence-corrected chi connectivity index (χ3v) is 5.30. The fraction of sp³-hybridized carbons (Fsp3) is 0.0435. The van der Waals surface area contributed by atoms with E-state index in [2.05, 4.69) is 20.6 Å². The number of hydrogen-bond acceptors (Lipinski definition) is 6. The molecule has 1 heterocycles. The minimum absolute atomic E-state index is 0.00320. The molecule has 0 aliphatic carbocycles. The molecule has 0 fully saturated rings. The fourth-order valence-corrected chi connectivity index (χ4v) is 3.59. The van der Waals surface area contributed by atoms with E-state index in [9.17, 15) is 10.1 Å².